The van der Waals surface area contributed by atoms with Crippen LogP contribution in [-0.4, -0.2) is 49.8 Å². The van der Waals surface area contributed by atoms with Crippen LogP contribution < -0.4 is 5.48 Å². The average molecular weight is 435 g/mol. The van der Waals surface area contributed by atoms with Gasteiger partial charge >= 0.3 is 0 Å². The molecule has 1 heterocycles. The fraction of sp³-hybridized carbons (Fsp3) is 0.476. The van der Waals surface area contributed by atoms with E-state index in [1.54, 1.807) is 0 Å². The Labute approximate surface area is 169 Å². The molecule has 0 aromatic heterocycles. The Hall–Kier alpha value is -1.47. The number of nitrogens with zero attached hydrogens (tertiary/aromatic N) is 1. The van der Waals surface area contributed by atoms with E-state index in [-0.39, 0.29) is 12.0 Å². The zero-order chi connectivity index (χ0) is 19.1. The second-order valence-electron chi connectivity index (χ2n) is 6.88. The summed E-state index contributed by atoms with van der Waals surface area (Å²) in [6.07, 6.45) is 2.86. The summed E-state index contributed by atoms with van der Waals surface area (Å²) in [4.78, 5) is 20.7. The number of hydroxylamine groups is 1. The molecule has 2 aromatic rings. The summed E-state index contributed by atoms with van der Waals surface area (Å²) in [5, 5.41) is 2.11. The first-order chi connectivity index (χ1) is 13.2. The summed E-state index contributed by atoms with van der Waals surface area (Å²) in [5.41, 5.74) is 3.25. The molecule has 0 spiro atoms. The number of hydrogen-bond acceptors (Lipinski definition) is 4. The second kappa shape index (κ2) is 10.2. The van der Waals surface area contributed by atoms with E-state index in [1.807, 2.05) is 36.4 Å². The molecule has 0 radical (unpaired) electrons. The van der Waals surface area contributed by atoms with Crippen LogP contribution in [0.1, 0.15) is 36.5 Å². The first-order valence-corrected chi connectivity index (χ1v) is 10.4. The highest BCUT2D eigenvalue weighted by Crippen LogP contribution is 2.25. The molecular formula is C21H27BrN2O3. The van der Waals surface area contributed by atoms with Gasteiger partial charge in [-0.1, -0.05) is 53.5 Å². The van der Waals surface area contributed by atoms with Crippen molar-refractivity contribution in [2.75, 3.05) is 32.8 Å². The number of hydrogen-bond donors (Lipinski definition) is 1. The van der Waals surface area contributed by atoms with Gasteiger partial charge < -0.3 is 4.74 Å². The van der Waals surface area contributed by atoms with Crippen molar-refractivity contribution in [3.63, 3.8) is 0 Å². The lowest BCUT2D eigenvalue weighted by atomic mass is 10.1. The van der Waals surface area contributed by atoms with Crippen molar-refractivity contribution < 1.29 is 14.4 Å². The van der Waals surface area contributed by atoms with Crippen molar-refractivity contribution in [1.29, 1.82) is 0 Å². The van der Waals surface area contributed by atoms with Crippen LogP contribution >= 0.6 is 15.9 Å². The summed E-state index contributed by atoms with van der Waals surface area (Å²) < 4.78 is 6.29. The van der Waals surface area contributed by atoms with Gasteiger partial charge in [-0.25, -0.2) is 5.48 Å². The van der Waals surface area contributed by atoms with Crippen LogP contribution in [0.4, 0.5) is 0 Å². The molecule has 27 heavy (non-hydrogen) atoms. The Bertz CT molecular complexity index is 762. The summed E-state index contributed by atoms with van der Waals surface area (Å²) in [6, 6.07) is 11.7. The molecule has 0 bridgehead atoms. The van der Waals surface area contributed by atoms with E-state index in [2.05, 4.69) is 33.2 Å². The minimum Gasteiger partial charge on any atom is -0.379 e. The zero-order valence-electron chi connectivity index (χ0n) is 15.7. The van der Waals surface area contributed by atoms with Crippen molar-refractivity contribution in [2.45, 2.75) is 32.3 Å². The maximum atomic E-state index is 12.6. The van der Waals surface area contributed by atoms with E-state index in [0.717, 1.165) is 67.4 Å². The monoisotopic (exact) mass is 434 g/mol. The van der Waals surface area contributed by atoms with Gasteiger partial charge in [0.1, 0.15) is 0 Å². The molecule has 146 valence electrons. The van der Waals surface area contributed by atoms with Gasteiger partial charge in [0.15, 0.2) is 0 Å². The van der Waals surface area contributed by atoms with Gasteiger partial charge in [-0.15, -0.1) is 0 Å². The SMILES string of the molecule is CCCC(CCN1CCOCC1)ONC(=O)c1cc(Br)c2ccccc2c1. The lowest BCUT2D eigenvalue weighted by Gasteiger charge is -2.28. The van der Waals surface area contributed by atoms with Crippen LogP contribution in [-0.2, 0) is 9.57 Å². The number of nitrogens with one attached hydrogen (secondary N) is 1. The molecule has 1 saturated heterocycles. The summed E-state index contributed by atoms with van der Waals surface area (Å²) in [6.45, 7) is 6.63. The number of fused-ring (bicyclic) bond motifs is 1. The molecule has 0 aliphatic carbocycles. The third-order valence-electron chi connectivity index (χ3n) is 4.87. The smallest absolute Gasteiger partial charge is 0.274 e. The highest BCUT2D eigenvalue weighted by Gasteiger charge is 2.16. The van der Waals surface area contributed by atoms with E-state index < -0.39 is 0 Å². The normalized spacial score (nSPS) is 16.4. The molecule has 1 aliphatic heterocycles. The molecule has 1 N–H and O–H groups in total. The molecule has 6 heteroatoms. The largest absolute Gasteiger partial charge is 0.379 e. The molecule has 1 atom stereocenters. The molecule has 1 aliphatic rings. The predicted octanol–water partition coefficient (Wildman–Crippen LogP) is 4.15. The van der Waals surface area contributed by atoms with Gasteiger partial charge in [-0.2, -0.15) is 0 Å². The van der Waals surface area contributed by atoms with Crippen LogP contribution in [0.25, 0.3) is 10.8 Å². The van der Waals surface area contributed by atoms with Crippen molar-refractivity contribution in [2.24, 2.45) is 0 Å². The Kier molecular flexibility index (Phi) is 7.64. The first-order valence-electron chi connectivity index (χ1n) is 9.61. The van der Waals surface area contributed by atoms with Gasteiger partial charge in [-0.3, -0.25) is 14.5 Å². The standard InChI is InChI=1S/C21H27BrN2O3/c1-2-5-18(8-9-24-10-12-26-13-11-24)27-23-21(25)17-14-16-6-3-4-7-19(16)20(22)15-17/h3-4,6-7,14-15,18H,2,5,8-13H2,1H3,(H,23,25). The minimum absolute atomic E-state index is 0.0192. The summed E-state index contributed by atoms with van der Waals surface area (Å²) in [5.74, 6) is -0.214. The van der Waals surface area contributed by atoms with Crippen LogP contribution in [0.3, 0.4) is 0 Å². The lowest BCUT2D eigenvalue weighted by molar-refractivity contribution is -0.0321. The number of benzene rings is 2. The molecule has 3 rings (SSSR count). The molecule has 5 nitrogen and oxygen atoms in total. The van der Waals surface area contributed by atoms with E-state index in [9.17, 15) is 4.79 Å². The number of amides is 1. The number of halogens is 1. The van der Waals surface area contributed by atoms with Gasteiger partial charge in [0.05, 0.1) is 19.3 Å². The number of carbonyl (C=O) groups excluding carboxylic acids is 1. The van der Waals surface area contributed by atoms with E-state index in [4.69, 9.17) is 9.57 Å². The predicted molar refractivity (Wildman–Crippen MR) is 111 cm³/mol. The zero-order valence-corrected chi connectivity index (χ0v) is 17.3. The number of morpholine rings is 1. The number of ether oxygens (including phenoxy) is 1. The van der Waals surface area contributed by atoms with Gasteiger partial charge in [0.25, 0.3) is 5.91 Å². The van der Waals surface area contributed by atoms with Crippen molar-refractivity contribution >= 4 is 32.6 Å². The van der Waals surface area contributed by atoms with Crippen LogP contribution in [0.5, 0.6) is 0 Å². The highest BCUT2D eigenvalue weighted by atomic mass is 79.9. The van der Waals surface area contributed by atoms with Crippen LogP contribution in [0.15, 0.2) is 40.9 Å². The molecule has 0 saturated carbocycles. The molecule has 1 amide bonds. The average Bonchev–Trinajstić information content (AvgIpc) is 2.70. The van der Waals surface area contributed by atoms with E-state index >= 15 is 0 Å². The Morgan fingerprint density at radius 2 is 2.04 bits per heavy atom. The molecule has 1 fully saturated rings. The Morgan fingerprint density at radius 3 is 2.81 bits per heavy atom. The maximum absolute atomic E-state index is 12.6. The topological polar surface area (TPSA) is 50.8 Å². The number of carbonyl (C=O) groups is 1. The first kappa shape index (κ1) is 20.3. The summed E-state index contributed by atoms with van der Waals surface area (Å²) in [7, 11) is 0. The number of rotatable bonds is 8. The molecule has 1 unspecified atom stereocenters. The quantitative estimate of drug-likeness (QED) is 0.633. The van der Waals surface area contributed by atoms with Crippen molar-refractivity contribution in [3.05, 3.63) is 46.4 Å². The second-order valence-corrected chi connectivity index (χ2v) is 7.74. The van der Waals surface area contributed by atoms with E-state index in [0.29, 0.717) is 5.56 Å². The molecule has 2 aromatic carbocycles. The third-order valence-corrected chi connectivity index (χ3v) is 5.53. The van der Waals surface area contributed by atoms with Gasteiger partial charge in [0, 0.05) is 29.7 Å². The van der Waals surface area contributed by atoms with Gasteiger partial charge in [-0.05, 0) is 35.7 Å². The van der Waals surface area contributed by atoms with Crippen molar-refractivity contribution in [3.8, 4) is 0 Å². The maximum Gasteiger partial charge on any atom is 0.274 e. The Balaban J connectivity index is 1.56. The third kappa shape index (κ3) is 5.75. The lowest BCUT2D eigenvalue weighted by Crippen LogP contribution is -2.39. The summed E-state index contributed by atoms with van der Waals surface area (Å²) >= 11 is 3.55. The highest BCUT2D eigenvalue weighted by molar-refractivity contribution is 9.10. The van der Waals surface area contributed by atoms with Gasteiger partial charge in [0.2, 0.25) is 0 Å². The van der Waals surface area contributed by atoms with Crippen LogP contribution in [0.2, 0.25) is 0 Å². The minimum atomic E-state index is -0.214. The van der Waals surface area contributed by atoms with Crippen molar-refractivity contribution in [1.82, 2.24) is 10.4 Å². The Morgan fingerprint density at radius 1 is 1.26 bits per heavy atom. The van der Waals surface area contributed by atoms with Crippen LogP contribution in [0, 0.1) is 0 Å². The molecular weight excluding hydrogens is 408 g/mol. The fourth-order valence-corrected chi connectivity index (χ4v) is 3.93. The van der Waals surface area contributed by atoms with E-state index in [1.165, 1.54) is 0 Å². The fourth-order valence-electron chi connectivity index (χ4n) is 3.33.